The molecule has 0 unspecified atom stereocenters. The molecular formula is C24H25FN2O3S. The minimum atomic E-state index is -4.06. The number of hydrogen-bond acceptors (Lipinski definition) is 3. The number of rotatable bonds is 6. The molecule has 7 heteroatoms. The zero-order chi connectivity index (χ0) is 22.8. The third kappa shape index (κ3) is 4.61. The van der Waals surface area contributed by atoms with E-state index in [1.807, 2.05) is 39.0 Å². The lowest BCUT2D eigenvalue weighted by atomic mass is 9.98. The van der Waals surface area contributed by atoms with Crippen LogP contribution in [0.4, 0.5) is 15.8 Å². The van der Waals surface area contributed by atoms with Crippen molar-refractivity contribution in [1.82, 2.24) is 0 Å². The van der Waals surface area contributed by atoms with Gasteiger partial charge < -0.3 is 5.32 Å². The van der Waals surface area contributed by atoms with E-state index in [2.05, 4.69) is 5.32 Å². The van der Waals surface area contributed by atoms with E-state index in [1.54, 1.807) is 12.1 Å². The summed E-state index contributed by atoms with van der Waals surface area (Å²) >= 11 is 0. The zero-order valence-electron chi connectivity index (χ0n) is 17.9. The molecule has 0 saturated heterocycles. The molecule has 0 aromatic heterocycles. The minimum absolute atomic E-state index is 0.0705. The summed E-state index contributed by atoms with van der Waals surface area (Å²) in [7, 11) is -2.78. The van der Waals surface area contributed by atoms with E-state index in [9.17, 15) is 17.6 Å². The van der Waals surface area contributed by atoms with E-state index in [0.717, 1.165) is 21.1 Å². The molecule has 0 radical (unpaired) electrons. The summed E-state index contributed by atoms with van der Waals surface area (Å²) in [6.45, 7) is 5.98. The summed E-state index contributed by atoms with van der Waals surface area (Å²) in [5.41, 5.74) is 2.76. The van der Waals surface area contributed by atoms with E-state index in [0.29, 0.717) is 0 Å². The Morgan fingerprint density at radius 3 is 2.35 bits per heavy atom. The summed E-state index contributed by atoms with van der Waals surface area (Å²) in [5.74, 6) is -0.860. The molecule has 1 N–H and O–H groups in total. The van der Waals surface area contributed by atoms with Crippen LogP contribution in [0.1, 0.15) is 41.3 Å². The Labute approximate surface area is 182 Å². The number of para-hydroxylation sites is 2. The highest BCUT2D eigenvalue weighted by atomic mass is 32.2. The molecule has 0 aliphatic heterocycles. The highest BCUT2D eigenvalue weighted by Gasteiger charge is 2.24. The van der Waals surface area contributed by atoms with Crippen LogP contribution in [0.3, 0.4) is 0 Å². The largest absolute Gasteiger partial charge is 0.321 e. The summed E-state index contributed by atoms with van der Waals surface area (Å²) < 4.78 is 41.1. The maximum atomic E-state index is 14.1. The number of anilines is 2. The fourth-order valence-electron chi connectivity index (χ4n) is 3.32. The van der Waals surface area contributed by atoms with E-state index in [1.165, 1.54) is 43.4 Å². The summed E-state index contributed by atoms with van der Waals surface area (Å²) in [6, 6.07) is 17.2. The van der Waals surface area contributed by atoms with Gasteiger partial charge in [-0.3, -0.25) is 9.10 Å². The van der Waals surface area contributed by atoms with Crippen LogP contribution in [0.5, 0.6) is 0 Å². The van der Waals surface area contributed by atoms with Crippen molar-refractivity contribution in [3.05, 3.63) is 89.2 Å². The molecule has 0 spiro atoms. The van der Waals surface area contributed by atoms with Gasteiger partial charge in [0, 0.05) is 18.3 Å². The topological polar surface area (TPSA) is 66.5 Å². The molecule has 0 atom stereocenters. The van der Waals surface area contributed by atoms with Crippen molar-refractivity contribution in [3.63, 3.8) is 0 Å². The standard InChI is InChI=1S/C24H25FN2O3S/c1-16(2)20-12-7-9-17(3)23(20)26-24(28)18-10-8-11-19(15-18)31(29,30)27(4)22-14-6-5-13-21(22)25/h5-16H,1-4H3,(H,26,28). The first kappa shape index (κ1) is 22.5. The van der Waals surface area contributed by atoms with Crippen molar-refractivity contribution in [1.29, 1.82) is 0 Å². The Kier molecular flexibility index (Phi) is 6.45. The molecule has 3 aromatic rings. The van der Waals surface area contributed by atoms with Gasteiger partial charge in [0.05, 0.1) is 10.6 Å². The van der Waals surface area contributed by atoms with Crippen LogP contribution in [-0.2, 0) is 10.0 Å². The van der Waals surface area contributed by atoms with Crippen molar-refractivity contribution in [2.75, 3.05) is 16.7 Å². The molecular weight excluding hydrogens is 415 g/mol. The smallest absolute Gasteiger partial charge is 0.264 e. The van der Waals surface area contributed by atoms with E-state index >= 15 is 0 Å². The first-order valence-corrected chi connectivity index (χ1v) is 11.3. The minimum Gasteiger partial charge on any atom is -0.321 e. The average molecular weight is 441 g/mol. The van der Waals surface area contributed by atoms with E-state index in [4.69, 9.17) is 0 Å². The Morgan fingerprint density at radius 2 is 1.68 bits per heavy atom. The van der Waals surface area contributed by atoms with Crippen LogP contribution >= 0.6 is 0 Å². The number of carbonyl (C=O) groups is 1. The first-order chi connectivity index (χ1) is 14.6. The molecule has 0 bridgehead atoms. The molecule has 1 amide bonds. The van der Waals surface area contributed by atoms with Crippen molar-refractivity contribution < 1.29 is 17.6 Å². The van der Waals surface area contributed by atoms with E-state index < -0.39 is 21.7 Å². The summed E-state index contributed by atoms with van der Waals surface area (Å²) in [5, 5.41) is 2.92. The Hall–Kier alpha value is -3.19. The van der Waals surface area contributed by atoms with Gasteiger partial charge in [-0.25, -0.2) is 12.8 Å². The van der Waals surface area contributed by atoms with Crippen LogP contribution < -0.4 is 9.62 Å². The van der Waals surface area contributed by atoms with Crippen molar-refractivity contribution in [3.8, 4) is 0 Å². The normalized spacial score (nSPS) is 11.4. The van der Waals surface area contributed by atoms with Gasteiger partial charge in [-0.05, 0) is 54.3 Å². The van der Waals surface area contributed by atoms with Crippen molar-refractivity contribution in [2.24, 2.45) is 0 Å². The first-order valence-electron chi connectivity index (χ1n) is 9.87. The van der Waals surface area contributed by atoms with Crippen LogP contribution in [0.15, 0.2) is 71.6 Å². The number of carbonyl (C=O) groups excluding carboxylic acids is 1. The molecule has 0 fully saturated rings. The lowest BCUT2D eigenvalue weighted by Gasteiger charge is -2.20. The molecule has 162 valence electrons. The predicted octanol–water partition coefficient (Wildman–Crippen LogP) is 5.33. The predicted molar refractivity (Wildman–Crippen MR) is 122 cm³/mol. The molecule has 3 rings (SSSR count). The number of aryl methyl sites for hydroxylation is 1. The van der Waals surface area contributed by atoms with Gasteiger partial charge >= 0.3 is 0 Å². The Balaban J connectivity index is 1.94. The number of amides is 1. The second-order valence-electron chi connectivity index (χ2n) is 7.60. The van der Waals surface area contributed by atoms with Gasteiger partial charge in [0.25, 0.3) is 15.9 Å². The van der Waals surface area contributed by atoms with Gasteiger partial charge in [-0.15, -0.1) is 0 Å². The van der Waals surface area contributed by atoms with Crippen LogP contribution in [0, 0.1) is 12.7 Å². The second kappa shape index (κ2) is 8.89. The highest BCUT2D eigenvalue weighted by Crippen LogP contribution is 2.29. The number of benzene rings is 3. The van der Waals surface area contributed by atoms with Gasteiger partial charge in [-0.1, -0.05) is 50.2 Å². The average Bonchev–Trinajstić information content (AvgIpc) is 2.74. The number of hydrogen-bond donors (Lipinski definition) is 1. The lowest BCUT2D eigenvalue weighted by molar-refractivity contribution is 0.102. The number of sulfonamides is 1. The van der Waals surface area contributed by atoms with Gasteiger partial charge in [0.2, 0.25) is 0 Å². The van der Waals surface area contributed by atoms with Crippen LogP contribution in [-0.4, -0.2) is 21.4 Å². The quantitative estimate of drug-likeness (QED) is 0.563. The van der Waals surface area contributed by atoms with Gasteiger partial charge in [-0.2, -0.15) is 0 Å². The molecule has 0 aliphatic rings. The number of nitrogens with zero attached hydrogens (tertiary/aromatic N) is 1. The summed E-state index contributed by atoms with van der Waals surface area (Å²) in [6.07, 6.45) is 0. The van der Waals surface area contributed by atoms with Crippen molar-refractivity contribution >= 4 is 27.3 Å². The monoisotopic (exact) mass is 440 g/mol. The summed E-state index contributed by atoms with van der Waals surface area (Å²) in [4.78, 5) is 12.8. The molecule has 3 aromatic carbocycles. The molecule has 0 aliphatic carbocycles. The van der Waals surface area contributed by atoms with Gasteiger partial charge in [0.15, 0.2) is 0 Å². The zero-order valence-corrected chi connectivity index (χ0v) is 18.7. The molecule has 0 heterocycles. The Morgan fingerprint density at radius 1 is 1.00 bits per heavy atom. The van der Waals surface area contributed by atoms with Crippen LogP contribution in [0.2, 0.25) is 0 Å². The fourth-order valence-corrected chi connectivity index (χ4v) is 4.57. The highest BCUT2D eigenvalue weighted by molar-refractivity contribution is 7.92. The van der Waals surface area contributed by atoms with E-state index in [-0.39, 0.29) is 22.1 Å². The molecule has 31 heavy (non-hydrogen) atoms. The number of nitrogens with one attached hydrogen (secondary N) is 1. The number of halogens is 1. The molecule has 0 saturated carbocycles. The lowest BCUT2D eigenvalue weighted by Crippen LogP contribution is -2.27. The SMILES string of the molecule is Cc1cccc(C(C)C)c1NC(=O)c1cccc(S(=O)(=O)N(C)c2ccccc2F)c1. The van der Waals surface area contributed by atoms with Crippen LogP contribution in [0.25, 0.3) is 0 Å². The maximum absolute atomic E-state index is 14.1. The third-order valence-corrected chi connectivity index (χ3v) is 6.88. The Bertz CT molecular complexity index is 1220. The second-order valence-corrected chi connectivity index (χ2v) is 9.57. The fraction of sp³-hybridized carbons (Fsp3) is 0.208. The van der Waals surface area contributed by atoms with Crippen molar-refractivity contribution in [2.45, 2.75) is 31.6 Å². The molecule has 5 nitrogen and oxygen atoms in total. The van der Waals surface area contributed by atoms with Gasteiger partial charge in [0.1, 0.15) is 5.82 Å². The maximum Gasteiger partial charge on any atom is 0.264 e. The third-order valence-electron chi connectivity index (χ3n) is 5.11.